The van der Waals surface area contributed by atoms with E-state index in [0.29, 0.717) is 13.1 Å². The van der Waals surface area contributed by atoms with Crippen molar-refractivity contribution in [3.05, 3.63) is 30.4 Å². The lowest BCUT2D eigenvalue weighted by Crippen LogP contribution is -2.39. The summed E-state index contributed by atoms with van der Waals surface area (Å²) in [7, 11) is 0. The van der Waals surface area contributed by atoms with Gasteiger partial charge in [0, 0.05) is 47.6 Å². The van der Waals surface area contributed by atoms with Gasteiger partial charge in [-0.3, -0.25) is 4.79 Å². The quantitative estimate of drug-likeness (QED) is 0.780. The van der Waals surface area contributed by atoms with Gasteiger partial charge in [-0.15, -0.1) is 0 Å². The third-order valence-electron chi connectivity index (χ3n) is 4.63. The Kier molecular flexibility index (Phi) is 3.58. The number of hydrogen-bond acceptors (Lipinski definition) is 5. The van der Waals surface area contributed by atoms with E-state index in [-0.39, 0.29) is 18.2 Å². The highest BCUT2D eigenvalue weighted by molar-refractivity contribution is 6.05. The molecule has 1 saturated heterocycles. The second-order valence-electron chi connectivity index (χ2n) is 6.07. The van der Waals surface area contributed by atoms with E-state index in [0.717, 1.165) is 40.3 Å². The Labute approximate surface area is 138 Å². The number of aromatic nitrogens is 4. The number of aromatic amines is 1. The van der Waals surface area contributed by atoms with E-state index in [2.05, 4.69) is 20.2 Å². The number of nitrogens with one attached hydrogen (secondary N) is 1. The van der Waals surface area contributed by atoms with E-state index in [1.165, 1.54) is 0 Å². The number of nitriles is 1. The minimum Gasteiger partial charge on any atom is -0.346 e. The Hall–Kier alpha value is -3.01. The monoisotopic (exact) mass is 320 g/mol. The number of carbonyl (C=O) groups excluding carboxylic acids is 1. The topological polar surface area (TPSA) is 98.6 Å². The zero-order valence-corrected chi connectivity index (χ0v) is 13.1. The lowest BCUT2D eigenvalue weighted by Gasteiger charge is -2.32. The first-order valence-corrected chi connectivity index (χ1v) is 8.00. The molecule has 120 valence electrons. The van der Waals surface area contributed by atoms with E-state index in [9.17, 15) is 4.79 Å². The maximum absolute atomic E-state index is 12.1. The predicted molar refractivity (Wildman–Crippen MR) is 88.0 cm³/mol. The molecule has 0 aliphatic carbocycles. The smallest absolute Gasteiger partial charge is 0.236 e. The summed E-state index contributed by atoms with van der Waals surface area (Å²) in [6.07, 6.45) is 7.18. The van der Waals surface area contributed by atoms with Crippen LogP contribution in [0.15, 0.2) is 24.7 Å². The van der Waals surface area contributed by atoms with Crippen molar-refractivity contribution in [2.45, 2.75) is 25.2 Å². The lowest BCUT2D eigenvalue weighted by molar-refractivity contribution is -0.131. The maximum atomic E-state index is 12.1. The van der Waals surface area contributed by atoms with Crippen LogP contribution in [0.2, 0.25) is 0 Å². The molecule has 3 aromatic rings. The first-order valence-electron chi connectivity index (χ1n) is 8.00. The fraction of sp³-hybridized carbons (Fsp3) is 0.353. The Morgan fingerprint density at radius 1 is 1.46 bits per heavy atom. The summed E-state index contributed by atoms with van der Waals surface area (Å²) in [5.41, 5.74) is 1.74. The summed E-state index contributed by atoms with van der Waals surface area (Å²) in [5.74, 6) is 0.0157. The molecular formula is C17H16N6O. The van der Waals surface area contributed by atoms with Gasteiger partial charge in [0.1, 0.15) is 12.1 Å². The Morgan fingerprint density at radius 3 is 3.25 bits per heavy atom. The van der Waals surface area contributed by atoms with E-state index >= 15 is 0 Å². The van der Waals surface area contributed by atoms with Crippen LogP contribution >= 0.6 is 0 Å². The fourth-order valence-corrected chi connectivity index (χ4v) is 3.50. The van der Waals surface area contributed by atoms with Gasteiger partial charge in [0.25, 0.3) is 0 Å². The first-order chi connectivity index (χ1) is 11.8. The molecule has 1 N–H and O–H groups in total. The number of H-pyrrole nitrogens is 1. The molecular weight excluding hydrogens is 304 g/mol. The average Bonchev–Trinajstić information content (AvgIpc) is 3.10. The standard InChI is InChI=1S/C17H16N6O/c18-5-3-14(24)23-7-1-2-11(10-23)16-15-12(9-21-22-16)8-20-17-13(15)4-6-19-17/h4,6,8-9,11H,1-3,7,10H2,(H,19,20). The molecule has 0 radical (unpaired) electrons. The molecule has 3 aromatic heterocycles. The molecule has 0 bridgehead atoms. The van der Waals surface area contributed by atoms with E-state index in [4.69, 9.17) is 5.26 Å². The largest absolute Gasteiger partial charge is 0.346 e. The molecule has 1 aliphatic rings. The molecule has 4 heterocycles. The van der Waals surface area contributed by atoms with E-state index < -0.39 is 0 Å². The fourth-order valence-electron chi connectivity index (χ4n) is 3.50. The number of hydrogen-bond donors (Lipinski definition) is 1. The molecule has 1 aliphatic heterocycles. The number of pyridine rings is 1. The SMILES string of the molecule is N#CCC(=O)N1CCCC(c2nncc3cnc4[nH]ccc4c23)C1. The zero-order valence-electron chi connectivity index (χ0n) is 13.1. The van der Waals surface area contributed by atoms with Crippen LogP contribution in [0.5, 0.6) is 0 Å². The molecule has 7 nitrogen and oxygen atoms in total. The Bertz CT molecular complexity index is 957. The molecule has 1 fully saturated rings. The van der Waals surface area contributed by atoms with Gasteiger partial charge in [-0.2, -0.15) is 15.5 Å². The minimum absolute atomic E-state index is 0.0695. The summed E-state index contributed by atoms with van der Waals surface area (Å²) < 4.78 is 0. The highest BCUT2D eigenvalue weighted by atomic mass is 16.2. The predicted octanol–water partition coefficient (Wildman–Crippen LogP) is 2.13. The zero-order chi connectivity index (χ0) is 16.5. The highest BCUT2D eigenvalue weighted by Gasteiger charge is 2.27. The normalized spacial score (nSPS) is 18.0. The van der Waals surface area contributed by atoms with Gasteiger partial charge in [-0.1, -0.05) is 0 Å². The lowest BCUT2D eigenvalue weighted by atomic mass is 9.91. The van der Waals surface area contributed by atoms with Gasteiger partial charge in [0.2, 0.25) is 5.91 Å². The summed E-state index contributed by atoms with van der Waals surface area (Å²) in [4.78, 5) is 21.4. The molecule has 0 spiro atoms. The van der Waals surface area contributed by atoms with Crippen LogP contribution in [-0.4, -0.2) is 44.1 Å². The third-order valence-corrected chi connectivity index (χ3v) is 4.63. The molecule has 0 aromatic carbocycles. The van der Waals surface area contributed by atoms with Gasteiger partial charge in [0.05, 0.1) is 18.0 Å². The second kappa shape index (κ2) is 5.89. The van der Waals surface area contributed by atoms with Crippen molar-refractivity contribution < 1.29 is 4.79 Å². The Morgan fingerprint density at radius 2 is 2.38 bits per heavy atom. The minimum atomic E-state index is -0.108. The van der Waals surface area contributed by atoms with Crippen molar-refractivity contribution in [3.8, 4) is 6.07 Å². The summed E-state index contributed by atoms with van der Waals surface area (Å²) >= 11 is 0. The van der Waals surface area contributed by atoms with Crippen LogP contribution in [-0.2, 0) is 4.79 Å². The van der Waals surface area contributed by atoms with Crippen molar-refractivity contribution in [1.82, 2.24) is 25.1 Å². The number of likely N-dealkylation sites (tertiary alicyclic amines) is 1. The van der Waals surface area contributed by atoms with Crippen LogP contribution < -0.4 is 0 Å². The molecule has 24 heavy (non-hydrogen) atoms. The average molecular weight is 320 g/mol. The van der Waals surface area contributed by atoms with Gasteiger partial charge in [0.15, 0.2) is 0 Å². The number of rotatable bonds is 2. The molecule has 1 atom stereocenters. The van der Waals surface area contributed by atoms with Crippen LogP contribution in [0.4, 0.5) is 0 Å². The molecule has 4 rings (SSSR count). The molecule has 0 saturated carbocycles. The molecule has 1 unspecified atom stereocenters. The Balaban J connectivity index is 1.77. The van der Waals surface area contributed by atoms with Crippen LogP contribution in [0, 0.1) is 11.3 Å². The van der Waals surface area contributed by atoms with Crippen molar-refractivity contribution in [2.24, 2.45) is 0 Å². The van der Waals surface area contributed by atoms with Crippen LogP contribution in [0.3, 0.4) is 0 Å². The molecule has 1 amide bonds. The van der Waals surface area contributed by atoms with Crippen LogP contribution in [0.25, 0.3) is 21.8 Å². The number of fused-ring (bicyclic) bond motifs is 3. The maximum Gasteiger partial charge on any atom is 0.236 e. The van der Waals surface area contributed by atoms with Crippen molar-refractivity contribution in [3.63, 3.8) is 0 Å². The van der Waals surface area contributed by atoms with E-state index in [1.54, 1.807) is 17.3 Å². The summed E-state index contributed by atoms with van der Waals surface area (Å²) in [6, 6.07) is 3.94. The number of amides is 1. The van der Waals surface area contributed by atoms with Gasteiger partial charge in [-0.25, -0.2) is 4.98 Å². The summed E-state index contributed by atoms with van der Waals surface area (Å²) in [6.45, 7) is 1.29. The van der Waals surface area contributed by atoms with Gasteiger partial charge < -0.3 is 9.88 Å². The number of piperidine rings is 1. The van der Waals surface area contributed by atoms with Gasteiger partial charge in [-0.05, 0) is 18.9 Å². The highest BCUT2D eigenvalue weighted by Crippen LogP contribution is 2.33. The third kappa shape index (κ3) is 2.36. The second-order valence-corrected chi connectivity index (χ2v) is 6.07. The number of carbonyl (C=O) groups is 1. The van der Waals surface area contributed by atoms with Crippen molar-refractivity contribution in [1.29, 1.82) is 5.26 Å². The van der Waals surface area contributed by atoms with Crippen molar-refractivity contribution in [2.75, 3.05) is 13.1 Å². The first kappa shape index (κ1) is 14.6. The van der Waals surface area contributed by atoms with E-state index in [1.807, 2.05) is 18.3 Å². The molecule has 7 heteroatoms. The number of nitrogens with zero attached hydrogens (tertiary/aromatic N) is 5. The van der Waals surface area contributed by atoms with Gasteiger partial charge >= 0.3 is 0 Å². The van der Waals surface area contributed by atoms with Crippen molar-refractivity contribution >= 4 is 27.7 Å². The van der Waals surface area contributed by atoms with Crippen LogP contribution in [0.1, 0.15) is 30.9 Å². The summed E-state index contributed by atoms with van der Waals surface area (Å²) in [5, 5.41) is 20.3.